The number of carbonyl (C=O) groups excluding carboxylic acids is 2. The van der Waals surface area contributed by atoms with Crippen LogP contribution in [0.5, 0.6) is 11.5 Å². The number of carbonyl (C=O) groups is 2. The van der Waals surface area contributed by atoms with Gasteiger partial charge in [-0.2, -0.15) is 0 Å². The maximum absolute atomic E-state index is 11.1. The molecular weight excluding hydrogens is 464 g/mol. The molecule has 2 unspecified atom stereocenters. The number of fused-ring (bicyclic) bond motifs is 3. The Morgan fingerprint density at radius 1 is 0.769 bits per heavy atom. The third kappa shape index (κ3) is 4.18. The zero-order valence-electron chi connectivity index (χ0n) is 14.0. The van der Waals surface area contributed by atoms with Gasteiger partial charge in [-0.1, -0.05) is 56.1 Å². The van der Waals surface area contributed by atoms with Gasteiger partial charge in [-0.05, 0) is 36.1 Å². The first kappa shape index (κ1) is 19.1. The Hall–Kier alpha value is -1.66. The van der Waals surface area contributed by atoms with Gasteiger partial charge in [0.2, 0.25) is 0 Å². The topological polar surface area (TPSA) is 52.6 Å². The molecule has 26 heavy (non-hydrogen) atoms. The quantitative estimate of drug-likeness (QED) is 0.446. The fourth-order valence-corrected chi connectivity index (χ4v) is 3.40. The highest BCUT2D eigenvalue weighted by atomic mass is 79.9. The molecule has 0 spiro atoms. The molecule has 0 N–H and O–H groups in total. The minimum Gasteiger partial charge on any atom is -0.493 e. The fourth-order valence-electron chi connectivity index (χ4n) is 2.83. The summed E-state index contributed by atoms with van der Waals surface area (Å²) in [4.78, 5) is 21.4. The molecule has 0 saturated carbocycles. The normalized spacial score (nSPS) is 16.1. The zero-order chi connectivity index (χ0) is 18.5. The molecular formula is C20H18Br2O4. The van der Waals surface area contributed by atoms with Gasteiger partial charge in [0.15, 0.2) is 0 Å². The van der Waals surface area contributed by atoms with Crippen molar-refractivity contribution in [2.75, 3.05) is 13.2 Å². The number of alkyl halides is 2. The van der Waals surface area contributed by atoms with Crippen molar-refractivity contribution in [1.82, 2.24) is 0 Å². The molecule has 0 fully saturated rings. The first-order valence-electron chi connectivity index (χ1n) is 8.36. The molecule has 4 nitrogen and oxygen atoms in total. The van der Waals surface area contributed by atoms with Crippen LogP contribution in [-0.2, 0) is 9.59 Å². The van der Waals surface area contributed by atoms with Gasteiger partial charge in [-0.3, -0.25) is 0 Å². The van der Waals surface area contributed by atoms with Gasteiger partial charge >= 0.3 is 0 Å². The Labute approximate surface area is 169 Å². The molecule has 0 saturated heterocycles. The van der Waals surface area contributed by atoms with Crippen LogP contribution in [0.2, 0.25) is 0 Å². The van der Waals surface area contributed by atoms with Crippen LogP contribution in [-0.4, -0.2) is 25.8 Å². The van der Waals surface area contributed by atoms with Crippen LogP contribution in [0.1, 0.15) is 33.6 Å². The Kier molecular flexibility index (Phi) is 6.48. The summed E-state index contributed by atoms with van der Waals surface area (Å²) in [6.45, 7) is 1.19. The lowest BCUT2D eigenvalue weighted by Gasteiger charge is -2.20. The van der Waals surface area contributed by atoms with Crippen molar-refractivity contribution in [3.05, 3.63) is 47.5 Å². The summed E-state index contributed by atoms with van der Waals surface area (Å²) in [5, 5.41) is 0. The molecule has 0 aromatic heterocycles. The van der Waals surface area contributed by atoms with Crippen molar-refractivity contribution in [3.63, 3.8) is 0 Å². The highest BCUT2D eigenvalue weighted by molar-refractivity contribution is 9.09. The van der Waals surface area contributed by atoms with E-state index in [1.807, 2.05) is 36.4 Å². The van der Waals surface area contributed by atoms with E-state index in [-0.39, 0.29) is 9.65 Å². The SMILES string of the molecule is O=CC(Br)c1ccc2c(c1)OCCCCOc1cc(C(Br)C=O)ccc1-2. The number of aldehydes is 2. The summed E-state index contributed by atoms with van der Waals surface area (Å²) >= 11 is 6.71. The van der Waals surface area contributed by atoms with Gasteiger partial charge in [0.05, 0.1) is 22.9 Å². The predicted molar refractivity (Wildman–Crippen MR) is 108 cm³/mol. The summed E-state index contributed by atoms with van der Waals surface area (Å²) in [5.74, 6) is 1.44. The van der Waals surface area contributed by atoms with E-state index in [1.165, 1.54) is 0 Å². The molecule has 1 aliphatic rings. The van der Waals surface area contributed by atoms with Gasteiger partial charge in [0, 0.05) is 11.1 Å². The Bertz CT molecular complexity index is 739. The minimum absolute atomic E-state index is 0.369. The number of hydrogen-bond donors (Lipinski definition) is 0. The van der Waals surface area contributed by atoms with Crippen molar-refractivity contribution in [2.24, 2.45) is 0 Å². The summed E-state index contributed by atoms with van der Waals surface area (Å²) in [5.41, 5.74) is 3.49. The van der Waals surface area contributed by atoms with Crippen LogP contribution in [0, 0.1) is 0 Å². The molecule has 0 radical (unpaired) electrons. The largest absolute Gasteiger partial charge is 0.493 e. The van der Waals surface area contributed by atoms with Crippen LogP contribution in [0.4, 0.5) is 0 Å². The van der Waals surface area contributed by atoms with Crippen LogP contribution >= 0.6 is 31.9 Å². The molecule has 1 aliphatic heterocycles. The Morgan fingerprint density at radius 2 is 1.19 bits per heavy atom. The lowest BCUT2D eigenvalue weighted by molar-refractivity contribution is -0.108. The van der Waals surface area contributed by atoms with Crippen molar-refractivity contribution in [2.45, 2.75) is 22.5 Å². The van der Waals surface area contributed by atoms with Gasteiger partial charge in [0.1, 0.15) is 24.1 Å². The van der Waals surface area contributed by atoms with Gasteiger partial charge in [0.25, 0.3) is 0 Å². The molecule has 2 atom stereocenters. The van der Waals surface area contributed by atoms with E-state index < -0.39 is 0 Å². The van der Waals surface area contributed by atoms with Gasteiger partial charge in [-0.15, -0.1) is 0 Å². The monoisotopic (exact) mass is 480 g/mol. The number of benzene rings is 2. The number of halogens is 2. The maximum Gasteiger partial charge on any atom is 0.138 e. The van der Waals surface area contributed by atoms with E-state index in [9.17, 15) is 9.59 Å². The molecule has 136 valence electrons. The van der Waals surface area contributed by atoms with E-state index in [4.69, 9.17) is 9.47 Å². The zero-order valence-corrected chi connectivity index (χ0v) is 17.2. The molecule has 2 aromatic rings. The third-order valence-electron chi connectivity index (χ3n) is 4.23. The highest BCUT2D eigenvalue weighted by Crippen LogP contribution is 2.41. The molecule has 2 aromatic carbocycles. The van der Waals surface area contributed by atoms with E-state index in [2.05, 4.69) is 31.9 Å². The lowest BCUT2D eigenvalue weighted by atomic mass is 9.98. The van der Waals surface area contributed by atoms with E-state index in [1.54, 1.807) is 0 Å². The first-order valence-corrected chi connectivity index (χ1v) is 10.2. The first-order chi connectivity index (χ1) is 12.6. The molecule has 1 heterocycles. The van der Waals surface area contributed by atoms with E-state index >= 15 is 0 Å². The lowest BCUT2D eigenvalue weighted by Crippen LogP contribution is -2.07. The third-order valence-corrected chi connectivity index (χ3v) is 5.72. The molecule has 0 aliphatic carbocycles. The van der Waals surface area contributed by atoms with E-state index in [0.29, 0.717) is 13.2 Å². The smallest absolute Gasteiger partial charge is 0.138 e. The Balaban J connectivity index is 2.11. The average molecular weight is 482 g/mol. The van der Waals surface area contributed by atoms with Crippen LogP contribution in [0.15, 0.2) is 36.4 Å². The number of ether oxygens (including phenoxy) is 2. The standard InChI is InChI=1S/C20H18Br2O4/c21-17(11-23)13-3-5-15-16-6-4-14(18(22)12-24)10-20(16)26-8-2-1-7-25-19(15)9-13/h3-6,9-12,17-18H,1-2,7-8H2. The second kappa shape index (κ2) is 8.82. The van der Waals surface area contributed by atoms with Gasteiger partial charge in [-0.25, -0.2) is 0 Å². The van der Waals surface area contributed by atoms with Crippen LogP contribution < -0.4 is 9.47 Å². The van der Waals surface area contributed by atoms with Crippen molar-refractivity contribution >= 4 is 44.4 Å². The van der Waals surface area contributed by atoms with Gasteiger partial charge < -0.3 is 19.1 Å². The molecule has 0 bridgehead atoms. The maximum atomic E-state index is 11.1. The number of rotatable bonds is 4. The molecule has 6 heteroatoms. The fraction of sp³-hybridized carbons (Fsp3) is 0.300. The highest BCUT2D eigenvalue weighted by Gasteiger charge is 2.18. The van der Waals surface area contributed by atoms with Crippen LogP contribution in [0.25, 0.3) is 11.1 Å². The summed E-state index contributed by atoms with van der Waals surface area (Å²) in [7, 11) is 0. The summed E-state index contributed by atoms with van der Waals surface area (Å²) in [6.07, 6.45) is 3.45. The number of hydrogen-bond acceptors (Lipinski definition) is 4. The summed E-state index contributed by atoms with van der Waals surface area (Å²) in [6, 6.07) is 11.5. The predicted octanol–water partition coefficient (Wildman–Crippen LogP) is 5.17. The van der Waals surface area contributed by atoms with Crippen molar-refractivity contribution < 1.29 is 19.1 Å². The molecule has 0 amide bonds. The van der Waals surface area contributed by atoms with Crippen LogP contribution in [0.3, 0.4) is 0 Å². The second-order valence-corrected chi connectivity index (χ2v) is 7.96. The van der Waals surface area contributed by atoms with E-state index in [0.717, 1.165) is 59.2 Å². The van der Waals surface area contributed by atoms with Crippen molar-refractivity contribution in [1.29, 1.82) is 0 Å². The Morgan fingerprint density at radius 3 is 1.58 bits per heavy atom. The minimum atomic E-state index is -0.369. The summed E-state index contributed by atoms with van der Waals surface area (Å²) < 4.78 is 12.0. The average Bonchev–Trinajstić information content (AvgIpc) is 2.69. The second-order valence-electron chi connectivity index (χ2n) is 5.99. The molecule has 3 rings (SSSR count). The van der Waals surface area contributed by atoms with Crippen molar-refractivity contribution in [3.8, 4) is 22.6 Å².